The molecule has 2 atom stereocenters. The molecule has 0 radical (unpaired) electrons. The van der Waals surface area contributed by atoms with Crippen LogP contribution in [0.4, 0.5) is 0 Å². The van der Waals surface area contributed by atoms with Crippen LogP contribution in [0.1, 0.15) is 45.2 Å². The number of ether oxygens (including phenoxy) is 1. The summed E-state index contributed by atoms with van der Waals surface area (Å²) in [6.07, 6.45) is -0.132. The lowest BCUT2D eigenvalue weighted by atomic mass is 10.1. The zero-order valence-corrected chi connectivity index (χ0v) is 21.6. The van der Waals surface area contributed by atoms with Crippen LogP contribution in [0.15, 0.2) is 59.5 Å². The van der Waals surface area contributed by atoms with Crippen molar-refractivity contribution in [2.75, 3.05) is 12.8 Å². The van der Waals surface area contributed by atoms with Crippen LogP contribution in [0.5, 0.6) is 0 Å². The molecule has 2 aromatic rings. The first-order chi connectivity index (χ1) is 15.3. The van der Waals surface area contributed by atoms with Crippen LogP contribution in [-0.4, -0.2) is 38.5 Å². The van der Waals surface area contributed by atoms with Gasteiger partial charge in [0.1, 0.15) is 11.4 Å². The highest BCUT2D eigenvalue weighted by Crippen LogP contribution is 2.53. The van der Waals surface area contributed by atoms with Gasteiger partial charge in [0.2, 0.25) is 17.4 Å². The van der Waals surface area contributed by atoms with Gasteiger partial charge in [-0.1, -0.05) is 48.0 Å². The molecule has 33 heavy (non-hydrogen) atoms. The SMILES string of the molecule is CCO[P@@](=O)(CCC(=O)OC(C)(C)C)[C@@H](Cc1ccccc1)NS(=O)(=O)c1ccc(C)cc1. The molecule has 0 saturated heterocycles. The Morgan fingerprint density at radius 1 is 1.06 bits per heavy atom. The van der Waals surface area contributed by atoms with Gasteiger partial charge in [0.25, 0.3) is 0 Å². The van der Waals surface area contributed by atoms with Crippen molar-refractivity contribution in [2.24, 2.45) is 0 Å². The monoisotopic (exact) mass is 495 g/mol. The summed E-state index contributed by atoms with van der Waals surface area (Å²) in [7, 11) is -7.62. The number of hydrogen-bond acceptors (Lipinski definition) is 6. The molecule has 182 valence electrons. The molecule has 0 unspecified atom stereocenters. The molecule has 2 rings (SSSR count). The lowest BCUT2D eigenvalue weighted by Gasteiger charge is -2.28. The minimum absolute atomic E-state index is 0.0707. The highest BCUT2D eigenvalue weighted by Gasteiger charge is 2.38. The van der Waals surface area contributed by atoms with Crippen molar-refractivity contribution >= 4 is 23.4 Å². The van der Waals surface area contributed by atoms with Gasteiger partial charge in [-0.15, -0.1) is 0 Å². The second kappa shape index (κ2) is 11.4. The minimum Gasteiger partial charge on any atom is -0.460 e. The van der Waals surface area contributed by atoms with Crippen molar-refractivity contribution in [3.63, 3.8) is 0 Å². The first-order valence-corrected chi connectivity index (χ1v) is 14.3. The zero-order valence-electron chi connectivity index (χ0n) is 19.9. The molecule has 9 heteroatoms. The molecule has 2 aromatic carbocycles. The van der Waals surface area contributed by atoms with Crippen molar-refractivity contribution < 1.29 is 27.0 Å². The van der Waals surface area contributed by atoms with E-state index in [0.717, 1.165) is 11.1 Å². The summed E-state index contributed by atoms with van der Waals surface area (Å²) in [5.74, 6) is -1.56. The van der Waals surface area contributed by atoms with Gasteiger partial charge in [-0.05, 0) is 58.7 Å². The fourth-order valence-electron chi connectivity index (χ4n) is 3.23. The predicted molar refractivity (Wildman–Crippen MR) is 130 cm³/mol. The largest absolute Gasteiger partial charge is 0.460 e. The quantitative estimate of drug-likeness (QED) is 0.352. The molecule has 0 heterocycles. The van der Waals surface area contributed by atoms with Crippen molar-refractivity contribution in [2.45, 2.75) is 63.7 Å². The summed E-state index contributed by atoms with van der Waals surface area (Å²) >= 11 is 0. The summed E-state index contributed by atoms with van der Waals surface area (Å²) in [4.78, 5) is 12.4. The maximum absolute atomic E-state index is 14.0. The maximum atomic E-state index is 14.0. The zero-order chi connectivity index (χ0) is 24.7. The molecule has 0 amide bonds. The standard InChI is InChI=1S/C24H34NO6PS/c1-6-30-32(27,17-16-23(26)31-24(3,4)5)22(18-20-10-8-7-9-11-20)25-33(28,29)21-14-12-19(2)13-15-21/h7-15,22,25H,6,16-18H2,1-5H3/t22-,32-/m0/s1. The van der Waals surface area contributed by atoms with Crippen LogP contribution in [0.3, 0.4) is 0 Å². The van der Waals surface area contributed by atoms with E-state index in [0.29, 0.717) is 0 Å². The smallest absolute Gasteiger partial charge is 0.306 e. The van der Waals surface area contributed by atoms with Crippen LogP contribution in [-0.2, 0) is 35.1 Å². The van der Waals surface area contributed by atoms with E-state index in [1.165, 1.54) is 12.1 Å². The lowest BCUT2D eigenvalue weighted by molar-refractivity contribution is -0.154. The number of hydrogen-bond donors (Lipinski definition) is 1. The van der Waals surface area contributed by atoms with E-state index in [9.17, 15) is 17.8 Å². The number of nitrogens with one attached hydrogen (secondary N) is 1. The van der Waals surface area contributed by atoms with E-state index in [1.807, 2.05) is 37.3 Å². The van der Waals surface area contributed by atoms with Crippen molar-refractivity contribution in [3.05, 3.63) is 65.7 Å². The number of benzene rings is 2. The van der Waals surface area contributed by atoms with Gasteiger partial charge in [0.05, 0.1) is 17.9 Å². The average molecular weight is 496 g/mol. The minimum atomic E-state index is -3.98. The van der Waals surface area contributed by atoms with Crippen molar-refractivity contribution in [3.8, 4) is 0 Å². The molecule has 0 aromatic heterocycles. The number of rotatable bonds is 11. The van der Waals surface area contributed by atoms with Gasteiger partial charge >= 0.3 is 5.97 Å². The van der Waals surface area contributed by atoms with Crippen LogP contribution in [0.25, 0.3) is 0 Å². The average Bonchev–Trinajstić information content (AvgIpc) is 2.72. The highest BCUT2D eigenvalue weighted by atomic mass is 32.2. The number of esters is 1. The Labute approximate surface area is 197 Å². The van der Waals surface area contributed by atoms with Crippen LogP contribution in [0.2, 0.25) is 0 Å². The summed E-state index contributed by atoms with van der Waals surface area (Å²) in [6, 6.07) is 15.6. The summed E-state index contributed by atoms with van der Waals surface area (Å²) < 4.78 is 53.9. The van der Waals surface area contributed by atoms with E-state index >= 15 is 0 Å². The first-order valence-electron chi connectivity index (χ1n) is 10.9. The molecule has 0 bridgehead atoms. The molecular formula is C24H34NO6PS. The number of carbonyl (C=O) groups excluding carboxylic acids is 1. The molecule has 0 spiro atoms. The Hall–Kier alpha value is -1.99. The second-order valence-corrected chi connectivity index (χ2v) is 13.3. The predicted octanol–water partition coefficient (Wildman–Crippen LogP) is 4.89. The summed E-state index contributed by atoms with van der Waals surface area (Å²) in [5, 5.41) is 0. The molecule has 0 fully saturated rings. The Morgan fingerprint density at radius 2 is 1.67 bits per heavy atom. The van der Waals surface area contributed by atoms with Crippen molar-refractivity contribution in [1.82, 2.24) is 4.72 Å². The summed E-state index contributed by atoms with van der Waals surface area (Å²) in [5.41, 5.74) is 1.04. The molecule has 0 aliphatic heterocycles. The molecule has 0 aliphatic rings. The Morgan fingerprint density at radius 3 is 2.21 bits per heavy atom. The second-order valence-electron chi connectivity index (χ2n) is 8.84. The lowest BCUT2D eigenvalue weighted by Crippen LogP contribution is -2.38. The van der Waals surface area contributed by atoms with Gasteiger partial charge in [0, 0.05) is 6.16 Å². The van der Waals surface area contributed by atoms with E-state index in [4.69, 9.17) is 9.26 Å². The molecular weight excluding hydrogens is 461 g/mol. The molecule has 1 N–H and O–H groups in total. The maximum Gasteiger partial charge on any atom is 0.306 e. The van der Waals surface area contributed by atoms with Crippen LogP contribution < -0.4 is 4.72 Å². The number of aryl methyl sites for hydroxylation is 1. The normalized spacial score (nSPS) is 14.9. The molecule has 0 saturated carbocycles. The third kappa shape index (κ3) is 8.70. The van der Waals surface area contributed by atoms with E-state index in [2.05, 4.69) is 4.72 Å². The fraction of sp³-hybridized carbons (Fsp3) is 0.458. The van der Waals surface area contributed by atoms with E-state index in [-0.39, 0.29) is 30.5 Å². The third-order valence-electron chi connectivity index (χ3n) is 4.76. The van der Waals surface area contributed by atoms with Gasteiger partial charge < -0.3 is 9.26 Å². The van der Waals surface area contributed by atoms with Crippen LogP contribution in [0, 0.1) is 6.92 Å². The summed E-state index contributed by atoms with van der Waals surface area (Å²) in [6.45, 7) is 8.92. The molecule has 7 nitrogen and oxygen atoms in total. The van der Waals surface area contributed by atoms with Gasteiger partial charge in [0.15, 0.2) is 0 Å². The van der Waals surface area contributed by atoms with Gasteiger partial charge in [-0.3, -0.25) is 9.36 Å². The third-order valence-corrected chi connectivity index (χ3v) is 9.23. The topological polar surface area (TPSA) is 98.8 Å². The van der Waals surface area contributed by atoms with Gasteiger partial charge in [-0.25, -0.2) is 8.42 Å². The Kier molecular flexibility index (Phi) is 9.44. The number of carbonyl (C=O) groups is 1. The molecule has 0 aliphatic carbocycles. The van der Waals surface area contributed by atoms with Crippen molar-refractivity contribution in [1.29, 1.82) is 0 Å². The first kappa shape index (κ1) is 27.3. The number of sulfonamides is 1. The Bertz CT molecular complexity index is 1060. The van der Waals surface area contributed by atoms with E-state index < -0.39 is 34.7 Å². The fourth-order valence-corrected chi connectivity index (χ4v) is 7.40. The van der Waals surface area contributed by atoms with E-state index in [1.54, 1.807) is 39.8 Å². The Balaban J connectivity index is 2.36. The van der Waals surface area contributed by atoms with Gasteiger partial charge in [-0.2, -0.15) is 4.72 Å². The highest BCUT2D eigenvalue weighted by molar-refractivity contribution is 7.90. The van der Waals surface area contributed by atoms with Crippen LogP contribution >= 0.6 is 7.37 Å².